The highest BCUT2D eigenvalue weighted by Gasteiger charge is 2.36. The van der Waals surface area contributed by atoms with Crippen molar-refractivity contribution in [1.29, 1.82) is 0 Å². The molecule has 3 amide bonds. The van der Waals surface area contributed by atoms with E-state index < -0.39 is 29.7 Å². The van der Waals surface area contributed by atoms with Gasteiger partial charge >= 0.3 is 18.2 Å². The highest BCUT2D eigenvalue weighted by atomic mass is 19.4. The molecule has 0 aliphatic carbocycles. The molecule has 0 radical (unpaired) electrons. The Morgan fingerprint density at radius 2 is 1.71 bits per heavy atom. The first-order chi connectivity index (χ1) is 16.1. The number of halogens is 3. The minimum atomic E-state index is -4.48. The lowest BCUT2D eigenvalue weighted by Crippen LogP contribution is -2.48. The molecule has 0 saturated heterocycles. The van der Waals surface area contributed by atoms with Crippen LogP contribution >= 0.6 is 0 Å². The summed E-state index contributed by atoms with van der Waals surface area (Å²) in [5, 5.41) is 5.43. The SMILES string of the molecule is CCCN1C(=O)NC(c2ccc(NC(=O)c3ccc(C(F)(F)F)cc3)cc2)C(C(=O)OC)=C1C. The molecule has 10 heteroatoms. The van der Waals surface area contributed by atoms with Crippen molar-refractivity contribution in [2.75, 3.05) is 19.0 Å². The van der Waals surface area contributed by atoms with E-state index in [-0.39, 0.29) is 11.6 Å². The lowest BCUT2D eigenvalue weighted by Gasteiger charge is -2.35. The monoisotopic (exact) mass is 475 g/mol. The van der Waals surface area contributed by atoms with Crippen LogP contribution in [0.25, 0.3) is 0 Å². The molecule has 0 bridgehead atoms. The van der Waals surface area contributed by atoms with Gasteiger partial charge in [0.25, 0.3) is 5.91 Å². The van der Waals surface area contributed by atoms with E-state index in [1.54, 1.807) is 31.2 Å². The van der Waals surface area contributed by atoms with Crippen LogP contribution < -0.4 is 10.6 Å². The number of nitrogens with zero attached hydrogens (tertiary/aromatic N) is 1. The normalized spacial score (nSPS) is 16.2. The second kappa shape index (κ2) is 9.98. The Morgan fingerprint density at radius 1 is 1.09 bits per heavy atom. The zero-order valence-electron chi connectivity index (χ0n) is 18.8. The van der Waals surface area contributed by atoms with Gasteiger partial charge in [0, 0.05) is 23.5 Å². The second-order valence-corrected chi connectivity index (χ2v) is 7.68. The number of hydrogen-bond donors (Lipinski definition) is 2. The lowest BCUT2D eigenvalue weighted by atomic mass is 9.94. The maximum Gasteiger partial charge on any atom is 0.416 e. The van der Waals surface area contributed by atoms with E-state index >= 15 is 0 Å². The van der Waals surface area contributed by atoms with Crippen molar-refractivity contribution in [2.45, 2.75) is 32.5 Å². The summed E-state index contributed by atoms with van der Waals surface area (Å²) < 4.78 is 43.0. The van der Waals surface area contributed by atoms with Crippen LogP contribution in [0, 0.1) is 0 Å². The van der Waals surface area contributed by atoms with E-state index in [0.717, 1.165) is 24.3 Å². The first-order valence-corrected chi connectivity index (χ1v) is 10.5. The Kier molecular flexibility index (Phi) is 7.29. The van der Waals surface area contributed by atoms with Crippen LogP contribution in [0.15, 0.2) is 59.8 Å². The number of carbonyl (C=O) groups is 3. The van der Waals surface area contributed by atoms with E-state index in [9.17, 15) is 27.6 Å². The van der Waals surface area contributed by atoms with Crippen LogP contribution in [-0.4, -0.2) is 36.5 Å². The molecule has 0 saturated carbocycles. The molecule has 1 aliphatic rings. The summed E-state index contributed by atoms with van der Waals surface area (Å²) in [6.45, 7) is 4.05. The van der Waals surface area contributed by atoms with Crippen LogP contribution in [0.3, 0.4) is 0 Å². The van der Waals surface area contributed by atoms with Gasteiger partial charge in [-0.1, -0.05) is 19.1 Å². The zero-order chi connectivity index (χ0) is 25.0. The third kappa shape index (κ3) is 5.22. The number of rotatable bonds is 6. The third-order valence-electron chi connectivity index (χ3n) is 5.43. The maximum absolute atomic E-state index is 12.7. The number of amides is 3. The Balaban J connectivity index is 1.81. The van der Waals surface area contributed by atoms with Gasteiger partial charge in [0.15, 0.2) is 0 Å². The maximum atomic E-state index is 12.7. The van der Waals surface area contributed by atoms with Gasteiger partial charge in [-0.2, -0.15) is 13.2 Å². The van der Waals surface area contributed by atoms with Gasteiger partial charge in [-0.25, -0.2) is 9.59 Å². The number of carbonyl (C=O) groups excluding carboxylic acids is 3. The van der Waals surface area contributed by atoms with Crippen LogP contribution in [0.2, 0.25) is 0 Å². The Bertz CT molecular complexity index is 1110. The number of nitrogens with one attached hydrogen (secondary N) is 2. The van der Waals surface area contributed by atoms with Crippen molar-refractivity contribution in [3.8, 4) is 0 Å². The lowest BCUT2D eigenvalue weighted by molar-refractivity contribution is -0.138. The average molecular weight is 475 g/mol. The van der Waals surface area contributed by atoms with Crippen LogP contribution in [0.5, 0.6) is 0 Å². The average Bonchev–Trinajstić information content (AvgIpc) is 2.81. The van der Waals surface area contributed by atoms with Crippen LogP contribution in [0.4, 0.5) is 23.7 Å². The van der Waals surface area contributed by atoms with E-state index in [4.69, 9.17) is 4.74 Å². The molecule has 0 aromatic heterocycles. The summed E-state index contributed by atoms with van der Waals surface area (Å²) in [5.74, 6) is -1.14. The molecule has 34 heavy (non-hydrogen) atoms. The smallest absolute Gasteiger partial charge is 0.416 e. The largest absolute Gasteiger partial charge is 0.466 e. The number of alkyl halides is 3. The Labute approximate surface area is 194 Å². The van der Waals surface area contributed by atoms with Gasteiger partial charge in [-0.3, -0.25) is 9.69 Å². The molecule has 1 aliphatic heterocycles. The number of ether oxygens (including phenoxy) is 1. The van der Waals surface area contributed by atoms with E-state index in [1.807, 2.05) is 6.92 Å². The van der Waals surface area contributed by atoms with Crippen molar-refractivity contribution in [3.63, 3.8) is 0 Å². The second-order valence-electron chi connectivity index (χ2n) is 7.68. The van der Waals surface area contributed by atoms with Gasteiger partial charge in [0.05, 0.1) is 24.3 Å². The van der Waals surface area contributed by atoms with Gasteiger partial charge < -0.3 is 15.4 Å². The predicted octanol–water partition coefficient (Wildman–Crippen LogP) is 4.88. The fourth-order valence-corrected chi connectivity index (χ4v) is 3.67. The van der Waals surface area contributed by atoms with Gasteiger partial charge in [0.1, 0.15) is 0 Å². The number of benzene rings is 2. The standard InChI is InChI=1S/C24H24F3N3O4/c1-4-13-30-14(2)19(22(32)34-3)20(29-23(30)33)15-7-11-18(12-8-15)28-21(31)16-5-9-17(10-6-16)24(25,26)27/h5-12,20H,4,13H2,1-3H3,(H,28,31)(H,29,33). The fraction of sp³-hybridized carbons (Fsp3) is 0.292. The number of hydrogen-bond acceptors (Lipinski definition) is 4. The van der Waals surface area contributed by atoms with Crippen LogP contribution in [0.1, 0.15) is 47.8 Å². The van der Waals surface area contributed by atoms with E-state index in [2.05, 4.69) is 10.6 Å². The molecule has 2 aromatic carbocycles. The Hall–Kier alpha value is -3.82. The van der Waals surface area contributed by atoms with Crippen molar-refractivity contribution < 1.29 is 32.3 Å². The minimum absolute atomic E-state index is 0.0687. The molecule has 2 aromatic rings. The highest BCUT2D eigenvalue weighted by molar-refractivity contribution is 6.04. The summed E-state index contributed by atoms with van der Waals surface area (Å²) in [6.07, 6.45) is -3.78. The van der Waals surface area contributed by atoms with Crippen molar-refractivity contribution in [1.82, 2.24) is 10.2 Å². The molecule has 0 spiro atoms. The van der Waals surface area contributed by atoms with Gasteiger partial charge in [-0.15, -0.1) is 0 Å². The summed E-state index contributed by atoms with van der Waals surface area (Å²) >= 11 is 0. The molecule has 2 N–H and O–H groups in total. The summed E-state index contributed by atoms with van der Waals surface area (Å²) in [7, 11) is 1.26. The number of esters is 1. The van der Waals surface area contributed by atoms with E-state index in [0.29, 0.717) is 35.5 Å². The molecular weight excluding hydrogens is 451 g/mol. The molecule has 3 rings (SSSR count). The van der Waals surface area contributed by atoms with Crippen molar-refractivity contribution in [2.24, 2.45) is 0 Å². The molecule has 1 heterocycles. The topological polar surface area (TPSA) is 87.7 Å². The summed E-state index contributed by atoms with van der Waals surface area (Å²) in [5.41, 5.74) is 1.02. The van der Waals surface area contributed by atoms with E-state index in [1.165, 1.54) is 12.0 Å². The quantitative estimate of drug-likeness (QED) is 0.583. The molecule has 180 valence electrons. The molecular formula is C24H24F3N3O4. The molecule has 1 atom stereocenters. The van der Waals surface area contributed by atoms with Gasteiger partial charge in [0.2, 0.25) is 0 Å². The highest BCUT2D eigenvalue weighted by Crippen LogP contribution is 2.32. The molecule has 0 fully saturated rings. The first kappa shape index (κ1) is 24.8. The summed E-state index contributed by atoms with van der Waals surface area (Å²) in [6, 6.07) is 9.23. The number of methoxy groups -OCH3 is 1. The van der Waals surface area contributed by atoms with Crippen LogP contribution in [-0.2, 0) is 15.7 Å². The summed E-state index contributed by atoms with van der Waals surface area (Å²) in [4.78, 5) is 39.0. The van der Waals surface area contributed by atoms with Crippen molar-refractivity contribution in [3.05, 3.63) is 76.5 Å². The van der Waals surface area contributed by atoms with Crippen molar-refractivity contribution >= 4 is 23.6 Å². The number of allylic oxidation sites excluding steroid dienone is 1. The fourth-order valence-electron chi connectivity index (χ4n) is 3.67. The number of anilines is 1. The predicted molar refractivity (Wildman–Crippen MR) is 119 cm³/mol. The third-order valence-corrected chi connectivity index (χ3v) is 5.43. The first-order valence-electron chi connectivity index (χ1n) is 10.5. The number of urea groups is 1. The minimum Gasteiger partial charge on any atom is -0.466 e. The van der Waals surface area contributed by atoms with Gasteiger partial charge in [-0.05, 0) is 55.3 Å². The molecule has 7 nitrogen and oxygen atoms in total. The molecule has 1 unspecified atom stereocenters. The Morgan fingerprint density at radius 3 is 2.24 bits per heavy atom. The zero-order valence-corrected chi connectivity index (χ0v) is 18.8.